The lowest BCUT2D eigenvalue weighted by Crippen LogP contribution is -2.09. The molecular weight excluding hydrogens is 128 g/mol. The van der Waals surface area contributed by atoms with Gasteiger partial charge < -0.3 is 4.42 Å². The smallest absolute Gasteiger partial charge is 0.190 e. The Morgan fingerprint density at radius 2 is 2.20 bits per heavy atom. The first-order chi connectivity index (χ1) is 4.75. The number of hydrogen-bond donors (Lipinski definition) is 0. The van der Waals surface area contributed by atoms with E-state index in [0.29, 0.717) is 5.56 Å². The average Bonchev–Trinajstić information content (AvgIpc) is 1.95. The number of aryl methyl sites for hydroxylation is 2. The predicted octanol–water partition coefficient (Wildman–Crippen LogP) is 1.51. The molecule has 10 heavy (non-hydrogen) atoms. The fourth-order valence-electron chi connectivity index (χ4n) is 0.822. The Labute approximate surface area is 59.5 Å². The van der Waals surface area contributed by atoms with Crippen LogP contribution >= 0.6 is 0 Å². The minimum absolute atomic E-state index is 0.105. The normalized spacial score (nSPS) is 9.80. The van der Waals surface area contributed by atoms with Gasteiger partial charge in [0.15, 0.2) is 5.43 Å². The van der Waals surface area contributed by atoms with Crippen molar-refractivity contribution in [2.45, 2.75) is 20.3 Å². The van der Waals surface area contributed by atoms with Gasteiger partial charge in [0.2, 0.25) is 0 Å². The highest BCUT2D eigenvalue weighted by Crippen LogP contribution is 1.95. The van der Waals surface area contributed by atoms with E-state index in [1.54, 1.807) is 6.92 Å². The van der Waals surface area contributed by atoms with E-state index in [0.717, 1.165) is 12.0 Å². The van der Waals surface area contributed by atoms with Gasteiger partial charge in [-0.05, 0) is 13.3 Å². The first-order valence-corrected chi connectivity index (χ1v) is 3.31. The van der Waals surface area contributed by atoms with Crippen LogP contribution in [-0.4, -0.2) is 0 Å². The van der Waals surface area contributed by atoms with Crippen molar-refractivity contribution in [3.05, 3.63) is 33.9 Å². The van der Waals surface area contributed by atoms with Gasteiger partial charge in [-0.25, -0.2) is 0 Å². The second-order valence-corrected chi connectivity index (χ2v) is 2.26. The molecule has 54 valence electrons. The quantitative estimate of drug-likeness (QED) is 0.588. The fraction of sp³-hybridized carbons (Fsp3) is 0.375. The van der Waals surface area contributed by atoms with Crippen molar-refractivity contribution < 1.29 is 4.42 Å². The number of hydrogen-bond acceptors (Lipinski definition) is 2. The first kappa shape index (κ1) is 7.06. The Morgan fingerprint density at radius 3 is 2.70 bits per heavy atom. The fourth-order valence-corrected chi connectivity index (χ4v) is 0.822. The lowest BCUT2D eigenvalue weighted by molar-refractivity contribution is 0.536. The van der Waals surface area contributed by atoms with Crippen LogP contribution < -0.4 is 5.43 Å². The van der Waals surface area contributed by atoms with Crippen LogP contribution in [0.1, 0.15) is 18.1 Å². The monoisotopic (exact) mass is 138 g/mol. The molecule has 1 aromatic rings. The molecule has 1 aromatic heterocycles. The van der Waals surface area contributed by atoms with Crippen molar-refractivity contribution in [2.24, 2.45) is 0 Å². The van der Waals surface area contributed by atoms with Gasteiger partial charge in [0, 0.05) is 11.1 Å². The summed E-state index contributed by atoms with van der Waals surface area (Å²) in [7, 11) is 0. The molecule has 0 amide bonds. The Kier molecular flexibility index (Phi) is 1.90. The summed E-state index contributed by atoms with van der Waals surface area (Å²) in [6.45, 7) is 3.69. The highest BCUT2D eigenvalue weighted by molar-refractivity contribution is 5.14. The summed E-state index contributed by atoms with van der Waals surface area (Å²) in [6.07, 6.45) is 3.72. The molecule has 0 saturated heterocycles. The predicted molar refractivity (Wildman–Crippen MR) is 39.1 cm³/mol. The Morgan fingerprint density at radius 1 is 1.50 bits per heavy atom. The van der Waals surface area contributed by atoms with Gasteiger partial charge in [-0.2, -0.15) is 0 Å². The van der Waals surface area contributed by atoms with Gasteiger partial charge in [0.25, 0.3) is 0 Å². The van der Waals surface area contributed by atoms with E-state index in [1.807, 2.05) is 6.92 Å². The molecule has 0 aromatic carbocycles. The van der Waals surface area contributed by atoms with E-state index >= 15 is 0 Å². The second kappa shape index (κ2) is 2.69. The van der Waals surface area contributed by atoms with Crippen LogP contribution in [0.15, 0.2) is 21.7 Å². The Balaban J connectivity index is 3.28. The summed E-state index contributed by atoms with van der Waals surface area (Å²) in [6, 6.07) is 0. The van der Waals surface area contributed by atoms with Crippen LogP contribution in [0.5, 0.6) is 0 Å². The molecule has 2 nitrogen and oxygen atoms in total. The zero-order valence-electron chi connectivity index (χ0n) is 6.18. The highest BCUT2D eigenvalue weighted by atomic mass is 16.3. The van der Waals surface area contributed by atoms with Gasteiger partial charge >= 0.3 is 0 Å². The van der Waals surface area contributed by atoms with E-state index in [2.05, 4.69) is 0 Å². The maximum Gasteiger partial charge on any atom is 0.190 e. The maximum absolute atomic E-state index is 11.1. The highest BCUT2D eigenvalue weighted by Gasteiger charge is 1.98. The third kappa shape index (κ3) is 1.10. The minimum Gasteiger partial charge on any atom is -0.472 e. The van der Waals surface area contributed by atoms with Crippen LogP contribution in [-0.2, 0) is 6.42 Å². The molecule has 0 bridgehead atoms. The lowest BCUT2D eigenvalue weighted by Gasteiger charge is -1.93. The van der Waals surface area contributed by atoms with Crippen molar-refractivity contribution in [3.63, 3.8) is 0 Å². The Hall–Kier alpha value is -1.05. The maximum atomic E-state index is 11.1. The van der Waals surface area contributed by atoms with Crippen molar-refractivity contribution in [1.29, 1.82) is 0 Å². The molecule has 0 aliphatic rings. The van der Waals surface area contributed by atoms with Gasteiger partial charge in [-0.1, -0.05) is 6.92 Å². The van der Waals surface area contributed by atoms with Crippen LogP contribution in [0.4, 0.5) is 0 Å². The molecule has 0 saturated carbocycles. The van der Waals surface area contributed by atoms with Gasteiger partial charge in [-0.3, -0.25) is 4.79 Å². The molecule has 1 rings (SSSR count). The van der Waals surface area contributed by atoms with Crippen molar-refractivity contribution in [1.82, 2.24) is 0 Å². The Bertz CT molecular complexity index is 273. The largest absolute Gasteiger partial charge is 0.472 e. The molecule has 0 radical (unpaired) electrons. The van der Waals surface area contributed by atoms with Gasteiger partial charge in [0.05, 0.1) is 12.5 Å². The van der Waals surface area contributed by atoms with E-state index < -0.39 is 0 Å². The zero-order chi connectivity index (χ0) is 7.56. The molecule has 1 heterocycles. The van der Waals surface area contributed by atoms with Crippen molar-refractivity contribution in [2.75, 3.05) is 0 Å². The number of rotatable bonds is 1. The topological polar surface area (TPSA) is 30.2 Å². The van der Waals surface area contributed by atoms with Crippen LogP contribution in [0.2, 0.25) is 0 Å². The molecule has 0 atom stereocenters. The molecular formula is C8H10O2. The second-order valence-electron chi connectivity index (χ2n) is 2.26. The summed E-state index contributed by atoms with van der Waals surface area (Å²) in [5.41, 5.74) is 1.54. The summed E-state index contributed by atoms with van der Waals surface area (Å²) in [4.78, 5) is 11.1. The summed E-state index contributed by atoms with van der Waals surface area (Å²) in [5.74, 6) is 0. The molecule has 0 fully saturated rings. The van der Waals surface area contributed by atoms with E-state index in [-0.39, 0.29) is 5.43 Å². The summed E-state index contributed by atoms with van der Waals surface area (Å²) >= 11 is 0. The molecule has 0 aliphatic carbocycles. The third-order valence-electron chi connectivity index (χ3n) is 1.49. The lowest BCUT2D eigenvalue weighted by atomic mass is 10.2. The van der Waals surface area contributed by atoms with Crippen molar-refractivity contribution in [3.8, 4) is 0 Å². The minimum atomic E-state index is 0.105. The van der Waals surface area contributed by atoms with Gasteiger partial charge in [0.1, 0.15) is 0 Å². The average molecular weight is 138 g/mol. The first-order valence-electron chi connectivity index (χ1n) is 3.31. The molecule has 0 aliphatic heterocycles. The summed E-state index contributed by atoms with van der Waals surface area (Å²) < 4.78 is 4.91. The SMILES string of the molecule is CCc1cocc(C)c1=O. The van der Waals surface area contributed by atoms with E-state index in [4.69, 9.17) is 4.42 Å². The molecule has 0 spiro atoms. The van der Waals surface area contributed by atoms with Crippen LogP contribution in [0, 0.1) is 6.92 Å². The van der Waals surface area contributed by atoms with E-state index in [9.17, 15) is 4.79 Å². The molecule has 2 heteroatoms. The standard InChI is InChI=1S/C8H10O2/c1-3-7-5-10-4-6(2)8(7)9/h4-5H,3H2,1-2H3. The van der Waals surface area contributed by atoms with Gasteiger partial charge in [-0.15, -0.1) is 0 Å². The summed E-state index contributed by atoms with van der Waals surface area (Å²) in [5, 5.41) is 0. The van der Waals surface area contributed by atoms with E-state index in [1.165, 1.54) is 12.5 Å². The molecule has 0 unspecified atom stereocenters. The van der Waals surface area contributed by atoms with Crippen LogP contribution in [0.25, 0.3) is 0 Å². The molecule has 0 N–H and O–H groups in total. The van der Waals surface area contributed by atoms with Crippen molar-refractivity contribution >= 4 is 0 Å². The van der Waals surface area contributed by atoms with Crippen LogP contribution in [0.3, 0.4) is 0 Å². The third-order valence-corrected chi connectivity index (χ3v) is 1.49. The zero-order valence-corrected chi connectivity index (χ0v) is 6.18.